The third kappa shape index (κ3) is 229. The highest BCUT2D eigenvalue weighted by molar-refractivity contribution is 5.72. The molecule has 0 fully saturated rings. The quantitative estimate of drug-likeness (QED) is 0.351. The number of hydrogen-bond donors (Lipinski definition) is 1. The zero-order valence-electron chi connectivity index (χ0n) is 23.9. The van der Waals surface area contributed by atoms with Crippen LogP contribution in [0.25, 0.3) is 0 Å². The van der Waals surface area contributed by atoms with E-state index in [1.165, 1.54) is 41.9 Å². The van der Waals surface area contributed by atoms with Gasteiger partial charge in [-0.15, -0.1) is 0 Å². The molecule has 0 amide bonds. The van der Waals surface area contributed by atoms with Crippen LogP contribution in [0.1, 0.15) is 92.5 Å². The molecule has 0 aliphatic carbocycles. The molecule has 0 radical (unpaired) electrons. The second-order valence-electron chi connectivity index (χ2n) is 6.17. The van der Waals surface area contributed by atoms with Crippen LogP contribution >= 0.6 is 0 Å². The molecular formula is C26H70O14. The summed E-state index contributed by atoms with van der Waals surface area (Å²) in [5.74, 6) is -0.500. The number of aliphatic hydroxyl groups excluding tert-OH is 1. The predicted molar refractivity (Wildman–Crippen MR) is 162 cm³/mol. The lowest BCUT2D eigenvalue weighted by atomic mass is 10.4. The third-order valence-corrected chi connectivity index (χ3v) is 2.30. The van der Waals surface area contributed by atoms with E-state index in [9.17, 15) is 14.4 Å². The van der Waals surface area contributed by atoms with E-state index in [1.54, 1.807) is 28.4 Å². The summed E-state index contributed by atoms with van der Waals surface area (Å²) in [5, 5.41) is 7.00. The van der Waals surface area contributed by atoms with E-state index in [1.807, 2.05) is 27.7 Å². The fourth-order valence-corrected chi connectivity index (χ4v) is 0.250. The molecule has 14 heteroatoms. The second-order valence-corrected chi connectivity index (χ2v) is 6.17. The molecule has 0 aromatic carbocycles. The lowest BCUT2D eigenvalue weighted by molar-refractivity contribution is -0.191. The van der Waals surface area contributed by atoms with Gasteiger partial charge in [-0.3, -0.25) is 0 Å². The fourth-order valence-electron chi connectivity index (χ4n) is 0.250. The van der Waals surface area contributed by atoms with Crippen LogP contribution in [0.3, 0.4) is 0 Å². The van der Waals surface area contributed by atoms with Gasteiger partial charge in [0, 0.05) is 35.5 Å². The summed E-state index contributed by atoms with van der Waals surface area (Å²) in [6, 6.07) is 0. The van der Waals surface area contributed by atoms with Crippen LogP contribution in [0.15, 0.2) is 0 Å². The van der Waals surface area contributed by atoms with Crippen LogP contribution in [0, 0.1) is 0 Å². The molecule has 0 rings (SSSR count). The summed E-state index contributed by atoms with van der Waals surface area (Å²) in [4.78, 5) is 44.9. The topological polar surface area (TPSA) is 224 Å². The van der Waals surface area contributed by atoms with Crippen molar-refractivity contribution in [2.75, 3.05) is 49.8 Å². The summed E-state index contributed by atoms with van der Waals surface area (Å²) in [7, 11) is 9.97. The van der Waals surface area contributed by atoms with E-state index in [0.717, 1.165) is 7.11 Å². The molecule has 0 heterocycles. The molecule has 0 bridgehead atoms. The molecule has 0 unspecified atom stereocenters. The lowest BCUT2D eigenvalue weighted by Crippen LogP contribution is -2.24. The Morgan fingerprint density at radius 2 is 0.625 bits per heavy atom. The highest BCUT2D eigenvalue weighted by Crippen LogP contribution is 2.05. The molecule has 0 spiro atoms. The number of carbonyl (C=O) groups excluding carboxylic acids is 5. The molecule has 0 saturated carbocycles. The molecular weight excluding hydrogens is 536 g/mol. The van der Waals surface area contributed by atoms with Crippen molar-refractivity contribution >= 4 is 23.9 Å². The van der Waals surface area contributed by atoms with Crippen LogP contribution in [0.5, 0.6) is 0 Å². The smallest absolute Gasteiger partial charge is 0.438 e. The molecule has 0 aromatic rings. The number of ether oxygens (including phenoxy) is 6. The van der Waals surface area contributed by atoms with Crippen molar-refractivity contribution in [2.45, 2.75) is 104 Å². The highest BCUT2D eigenvalue weighted by Gasteiger charge is 2.12. The zero-order valence-corrected chi connectivity index (χ0v) is 23.9. The molecule has 0 atom stereocenters. The SMILES string of the molecule is C.C.C.C.C.CC(C)=O.CC(C)=O.CO.COC(=O)OC.COC(C)(C)OC.COC(C)(C)OC.O.O.O=C=O. The van der Waals surface area contributed by atoms with E-state index >= 15 is 0 Å². The first-order chi connectivity index (χ1) is 14.9. The van der Waals surface area contributed by atoms with E-state index < -0.39 is 17.7 Å². The number of hydrogen-bond acceptors (Lipinski definition) is 12. The first kappa shape index (κ1) is 90.4. The van der Waals surface area contributed by atoms with Crippen LogP contribution in [0.2, 0.25) is 0 Å². The molecule has 0 aliphatic rings. The van der Waals surface area contributed by atoms with Crippen molar-refractivity contribution in [1.82, 2.24) is 0 Å². The standard InChI is InChI=1S/2C5H12O2.C3H6O3.2C3H6O.CO2.CH4O.5CH4.2H2O/c2*1-5(2,6-3)7-4;1-5-3(4)6-2;2*1-3(2)4;2-1-3;1-2;;;;;;;/h2*1-4H3;1-2H3;2*1-2H3;;2H,1H3;5*1H4;2*1H2. The van der Waals surface area contributed by atoms with Crippen LogP contribution in [0.4, 0.5) is 4.79 Å². The number of methoxy groups -OCH3 is 6. The van der Waals surface area contributed by atoms with E-state index in [4.69, 9.17) is 33.6 Å². The van der Waals surface area contributed by atoms with Crippen LogP contribution < -0.4 is 0 Å². The van der Waals surface area contributed by atoms with Crippen molar-refractivity contribution in [3.63, 3.8) is 0 Å². The summed E-state index contributed by atoms with van der Waals surface area (Å²) >= 11 is 0. The lowest BCUT2D eigenvalue weighted by Gasteiger charge is -2.19. The van der Waals surface area contributed by atoms with E-state index in [2.05, 4.69) is 9.47 Å². The van der Waals surface area contributed by atoms with Gasteiger partial charge in [0.25, 0.3) is 0 Å². The van der Waals surface area contributed by atoms with Crippen LogP contribution in [-0.4, -0.2) is 101 Å². The van der Waals surface area contributed by atoms with Crippen molar-refractivity contribution in [3.8, 4) is 0 Å². The molecule has 40 heavy (non-hydrogen) atoms. The minimum Gasteiger partial charge on any atom is -0.438 e. The number of Topliss-reactive ketones (excluding diaryl/α,β-unsaturated/α-hetero) is 2. The van der Waals surface area contributed by atoms with Gasteiger partial charge in [0.2, 0.25) is 0 Å². The number of rotatable bonds is 4. The van der Waals surface area contributed by atoms with Gasteiger partial charge in [0.1, 0.15) is 11.6 Å². The van der Waals surface area contributed by atoms with Gasteiger partial charge in [-0.05, 0) is 55.4 Å². The molecule has 0 saturated heterocycles. The molecule has 0 aromatic heterocycles. The Morgan fingerprint density at radius 1 is 0.525 bits per heavy atom. The van der Waals surface area contributed by atoms with Crippen molar-refractivity contribution in [3.05, 3.63) is 0 Å². The van der Waals surface area contributed by atoms with Crippen LogP contribution in [-0.2, 0) is 47.6 Å². The van der Waals surface area contributed by atoms with E-state index in [0.29, 0.717) is 0 Å². The Kier molecular flexibility index (Phi) is 160. The zero-order chi connectivity index (χ0) is 28.7. The van der Waals surface area contributed by atoms with Crippen molar-refractivity contribution in [2.24, 2.45) is 0 Å². The Labute approximate surface area is 246 Å². The summed E-state index contributed by atoms with van der Waals surface area (Å²) in [6.45, 7) is 13.5. The Bertz CT molecular complexity index is 406. The maximum Gasteiger partial charge on any atom is 0.507 e. The van der Waals surface area contributed by atoms with Gasteiger partial charge in [-0.2, -0.15) is 9.59 Å². The van der Waals surface area contributed by atoms with Gasteiger partial charge in [-0.25, -0.2) is 4.79 Å². The number of aliphatic hydroxyl groups is 1. The fraction of sp³-hybridized carbons (Fsp3) is 0.846. The molecule has 5 N–H and O–H groups in total. The normalized spacial score (nSPS) is 6.90. The molecule has 258 valence electrons. The number of ketones is 2. The number of carbonyl (C=O) groups is 3. The summed E-state index contributed by atoms with van der Waals surface area (Å²) < 4.78 is 27.5. The largest absolute Gasteiger partial charge is 0.507 e. The van der Waals surface area contributed by atoms with Gasteiger partial charge in [-0.1, -0.05) is 37.1 Å². The van der Waals surface area contributed by atoms with Gasteiger partial charge >= 0.3 is 12.3 Å². The summed E-state index contributed by atoms with van der Waals surface area (Å²) in [6.07, 6.45) is -0.407. The first-order valence-electron chi connectivity index (χ1n) is 9.14. The Balaban J connectivity index is -0.0000000164. The predicted octanol–water partition coefficient (Wildman–Crippen LogP) is 4.18. The maximum atomic E-state index is 9.74. The molecule has 14 nitrogen and oxygen atoms in total. The Morgan fingerprint density at radius 3 is 0.625 bits per heavy atom. The third-order valence-electron chi connectivity index (χ3n) is 2.30. The van der Waals surface area contributed by atoms with Gasteiger partial charge in [0.15, 0.2) is 11.6 Å². The average Bonchev–Trinajstić information content (AvgIpc) is 2.75. The minimum absolute atomic E-state index is 0. The monoisotopic (exact) mass is 606 g/mol. The van der Waals surface area contributed by atoms with E-state index in [-0.39, 0.29) is 65.8 Å². The second kappa shape index (κ2) is 70.8. The average molecular weight is 607 g/mol. The summed E-state index contributed by atoms with van der Waals surface area (Å²) in [5.41, 5.74) is 0. The van der Waals surface area contributed by atoms with Gasteiger partial charge in [0.05, 0.1) is 14.2 Å². The van der Waals surface area contributed by atoms with Crippen molar-refractivity contribution < 1.29 is 68.5 Å². The molecule has 0 aliphatic heterocycles. The Hall–Kier alpha value is -2.29. The van der Waals surface area contributed by atoms with Crippen molar-refractivity contribution in [1.29, 1.82) is 0 Å². The van der Waals surface area contributed by atoms with Gasteiger partial charge < -0.3 is 54.1 Å². The highest BCUT2D eigenvalue weighted by atomic mass is 16.7. The minimum atomic E-state index is -0.657. The maximum absolute atomic E-state index is 9.74. The first-order valence-corrected chi connectivity index (χ1v) is 9.14.